The second-order valence-corrected chi connectivity index (χ2v) is 8.16. The molecule has 1 aromatic heterocycles. The van der Waals surface area contributed by atoms with E-state index in [-0.39, 0.29) is 6.10 Å². The van der Waals surface area contributed by atoms with Crippen LogP contribution < -0.4 is 9.47 Å². The van der Waals surface area contributed by atoms with E-state index in [2.05, 4.69) is 80.8 Å². The van der Waals surface area contributed by atoms with Gasteiger partial charge in [0.2, 0.25) is 0 Å². The highest BCUT2D eigenvalue weighted by atomic mass is 16.5. The van der Waals surface area contributed by atoms with E-state index in [1.54, 1.807) is 0 Å². The highest BCUT2D eigenvalue weighted by molar-refractivity contribution is 5.76. The second-order valence-electron chi connectivity index (χ2n) is 8.16. The first-order valence-electron chi connectivity index (χ1n) is 10.9. The van der Waals surface area contributed by atoms with Crippen LogP contribution in [0.4, 0.5) is 0 Å². The van der Waals surface area contributed by atoms with E-state index in [4.69, 9.17) is 14.5 Å². The highest BCUT2D eigenvalue weighted by Crippen LogP contribution is 2.26. The summed E-state index contributed by atoms with van der Waals surface area (Å²) in [6, 6.07) is 22.7. The van der Waals surface area contributed by atoms with Crippen LogP contribution in [0.5, 0.6) is 11.5 Å². The number of fused-ring (bicyclic) bond motifs is 1. The molecule has 3 aromatic carbocycles. The number of ether oxygens (including phenoxy) is 2. The van der Waals surface area contributed by atoms with Crippen molar-refractivity contribution in [1.29, 1.82) is 0 Å². The molecule has 0 bridgehead atoms. The molecule has 0 aliphatic heterocycles. The van der Waals surface area contributed by atoms with Gasteiger partial charge in [0.05, 0.1) is 17.6 Å². The lowest BCUT2D eigenvalue weighted by Gasteiger charge is -2.17. The average molecular weight is 415 g/mol. The third-order valence-electron chi connectivity index (χ3n) is 5.48. The van der Waals surface area contributed by atoms with Crippen LogP contribution in [-0.2, 0) is 6.54 Å². The molecule has 0 aliphatic rings. The van der Waals surface area contributed by atoms with Gasteiger partial charge in [-0.2, -0.15) is 0 Å². The molecule has 4 nitrogen and oxygen atoms in total. The van der Waals surface area contributed by atoms with Crippen molar-refractivity contribution in [3.63, 3.8) is 0 Å². The van der Waals surface area contributed by atoms with Crippen molar-refractivity contribution in [2.24, 2.45) is 0 Å². The normalized spacial score (nSPS) is 12.1. The van der Waals surface area contributed by atoms with E-state index < -0.39 is 0 Å². The largest absolute Gasteiger partial charge is 0.493 e. The lowest BCUT2D eigenvalue weighted by atomic mass is 10.1. The van der Waals surface area contributed by atoms with Gasteiger partial charge in [0.15, 0.2) is 11.9 Å². The molecule has 0 saturated heterocycles. The third kappa shape index (κ3) is 4.91. The molecular formula is C27H30N2O2. The number of aryl methyl sites for hydroxylation is 4. The summed E-state index contributed by atoms with van der Waals surface area (Å²) < 4.78 is 14.6. The van der Waals surface area contributed by atoms with Gasteiger partial charge in [-0.15, -0.1) is 0 Å². The van der Waals surface area contributed by atoms with Gasteiger partial charge in [0, 0.05) is 6.54 Å². The fourth-order valence-corrected chi connectivity index (χ4v) is 3.85. The minimum absolute atomic E-state index is 0.158. The lowest BCUT2D eigenvalue weighted by molar-refractivity contribution is 0.209. The zero-order chi connectivity index (χ0) is 21.8. The Hall–Kier alpha value is -3.27. The number of imidazole rings is 1. The molecule has 4 rings (SSSR count). The van der Waals surface area contributed by atoms with Crippen LogP contribution in [0.25, 0.3) is 11.0 Å². The molecule has 4 aromatic rings. The molecule has 0 amide bonds. The molecule has 0 saturated carbocycles. The minimum Gasteiger partial charge on any atom is -0.493 e. The van der Waals surface area contributed by atoms with Crippen molar-refractivity contribution < 1.29 is 9.47 Å². The number of hydrogen-bond acceptors (Lipinski definition) is 3. The molecule has 1 unspecified atom stereocenters. The summed E-state index contributed by atoms with van der Waals surface area (Å²) in [6.07, 6.45) is 0.729. The molecular weight excluding hydrogens is 384 g/mol. The van der Waals surface area contributed by atoms with Crippen molar-refractivity contribution in [3.8, 4) is 11.5 Å². The van der Waals surface area contributed by atoms with Crippen molar-refractivity contribution >= 4 is 11.0 Å². The van der Waals surface area contributed by atoms with Crippen LogP contribution in [-0.4, -0.2) is 16.2 Å². The quantitative estimate of drug-likeness (QED) is 0.306. The maximum Gasteiger partial charge on any atom is 0.153 e. The summed E-state index contributed by atoms with van der Waals surface area (Å²) in [5.41, 5.74) is 5.68. The molecule has 0 aliphatic carbocycles. The molecule has 0 spiro atoms. The van der Waals surface area contributed by atoms with E-state index >= 15 is 0 Å². The monoisotopic (exact) mass is 414 g/mol. The Morgan fingerprint density at radius 1 is 0.903 bits per heavy atom. The minimum atomic E-state index is -0.158. The molecule has 1 heterocycles. The van der Waals surface area contributed by atoms with Gasteiger partial charge in [0.25, 0.3) is 0 Å². The van der Waals surface area contributed by atoms with Crippen LogP contribution >= 0.6 is 0 Å². The molecule has 31 heavy (non-hydrogen) atoms. The summed E-state index contributed by atoms with van der Waals surface area (Å²) in [5.74, 6) is 2.77. The van der Waals surface area contributed by atoms with E-state index in [0.717, 1.165) is 41.3 Å². The predicted octanol–water partition coefficient (Wildman–Crippen LogP) is 6.57. The Morgan fingerprint density at radius 3 is 2.55 bits per heavy atom. The smallest absolute Gasteiger partial charge is 0.153 e. The Balaban J connectivity index is 1.50. The van der Waals surface area contributed by atoms with E-state index in [9.17, 15) is 0 Å². The van der Waals surface area contributed by atoms with Gasteiger partial charge >= 0.3 is 0 Å². The summed E-state index contributed by atoms with van der Waals surface area (Å²) in [7, 11) is 0. The summed E-state index contributed by atoms with van der Waals surface area (Å²) >= 11 is 0. The van der Waals surface area contributed by atoms with Crippen LogP contribution in [0.3, 0.4) is 0 Å². The maximum atomic E-state index is 6.24. The van der Waals surface area contributed by atoms with Gasteiger partial charge in [0.1, 0.15) is 11.5 Å². The number of hydrogen-bond donors (Lipinski definition) is 0. The molecule has 4 heteroatoms. The number of rotatable bonds is 8. The van der Waals surface area contributed by atoms with Crippen molar-refractivity contribution in [2.45, 2.75) is 46.8 Å². The first-order chi connectivity index (χ1) is 15.0. The Morgan fingerprint density at radius 2 is 1.71 bits per heavy atom. The summed E-state index contributed by atoms with van der Waals surface area (Å²) in [5, 5.41) is 0. The molecule has 160 valence electrons. The van der Waals surface area contributed by atoms with Crippen LogP contribution in [0.15, 0.2) is 66.7 Å². The Bertz CT molecular complexity index is 1180. The fourth-order valence-electron chi connectivity index (χ4n) is 3.85. The van der Waals surface area contributed by atoms with Gasteiger partial charge in [-0.1, -0.05) is 36.4 Å². The van der Waals surface area contributed by atoms with E-state index in [1.807, 2.05) is 18.2 Å². The van der Waals surface area contributed by atoms with Crippen molar-refractivity contribution in [2.75, 3.05) is 6.61 Å². The van der Waals surface area contributed by atoms with Crippen LogP contribution in [0, 0.1) is 20.8 Å². The Kier molecular flexibility index (Phi) is 6.26. The van der Waals surface area contributed by atoms with Crippen LogP contribution in [0.2, 0.25) is 0 Å². The number of aromatic nitrogens is 2. The van der Waals surface area contributed by atoms with Gasteiger partial charge in [-0.25, -0.2) is 4.98 Å². The molecule has 0 fully saturated rings. The maximum absolute atomic E-state index is 6.24. The Labute approximate surface area is 184 Å². The first-order valence-corrected chi connectivity index (χ1v) is 10.9. The second kappa shape index (κ2) is 9.25. The number of para-hydroxylation sites is 2. The molecule has 0 radical (unpaired) electrons. The van der Waals surface area contributed by atoms with Crippen molar-refractivity contribution in [3.05, 3.63) is 89.2 Å². The first kappa shape index (κ1) is 21.0. The third-order valence-corrected chi connectivity index (χ3v) is 5.48. The summed E-state index contributed by atoms with van der Waals surface area (Å²) in [6.45, 7) is 9.79. The SMILES string of the molecule is Cc1cccc(OC(C)c2nc3ccccc3n2CCCOc2cc(C)ccc2C)c1. The zero-order valence-corrected chi connectivity index (χ0v) is 18.8. The van der Waals surface area contributed by atoms with Crippen LogP contribution in [0.1, 0.15) is 42.0 Å². The lowest BCUT2D eigenvalue weighted by Crippen LogP contribution is -2.13. The van der Waals surface area contributed by atoms with Gasteiger partial charge in [-0.3, -0.25) is 0 Å². The van der Waals surface area contributed by atoms with Gasteiger partial charge in [-0.05, 0) is 81.1 Å². The molecule has 0 N–H and O–H groups in total. The topological polar surface area (TPSA) is 36.3 Å². The average Bonchev–Trinajstić information content (AvgIpc) is 3.12. The van der Waals surface area contributed by atoms with E-state index in [1.165, 1.54) is 16.7 Å². The number of nitrogens with zero attached hydrogens (tertiary/aromatic N) is 2. The zero-order valence-electron chi connectivity index (χ0n) is 18.8. The highest BCUT2D eigenvalue weighted by Gasteiger charge is 2.18. The standard InChI is InChI=1S/C27H30N2O2/c1-19-9-7-10-23(17-19)31-22(4)27-28-24-11-5-6-12-25(24)29(27)15-8-16-30-26-18-20(2)13-14-21(26)3/h5-7,9-14,17-18,22H,8,15-16H2,1-4H3. The summed E-state index contributed by atoms with van der Waals surface area (Å²) in [4.78, 5) is 4.89. The fraction of sp³-hybridized carbons (Fsp3) is 0.296. The predicted molar refractivity (Wildman–Crippen MR) is 126 cm³/mol. The van der Waals surface area contributed by atoms with E-state index in [0.29, 0.717) is 6.61 Å². The number of benzene rings is 3. The van der Waals surface area contributed by atoms with Crippen molar-refractivity contribution in [1.82, 2.24) is 9.55 Å². The van der Waals surface area contributed by atoms with Gasteiger partial charge < -0.3 is 14.0 Å². The molecule has 1 atom stereocenters.